The summed E-state index contributed by atoms with van der Waals surface area (Å²) < 4.78 is 5.52. The first-order valence-electron chi connectivity index (χ1n) is 12.3. The van der Waals surface area contributed by atoms with Crippen LogP contribution in [0.15, 0.2) is 48.5 Å². The molecule has 1 amide bonds. The van der Waals surface area contributed by atoms with Crippen LogP contribution in [0.4, 0.5) is 10.5 Å². The maximum absolute atomic E-state index is 12.5. The average Bonchev–Trinajstić information content (AvgIpc) is 2.85. The molecule has 1 aliphatic heterocycles. The molecule has 1 N–H and O–H groups in total. The summed E-state index contributed by atoms with van der Waals surface area (Å²) >= 11 is 0. The summed E-state index contributed by atoms with van der Waals surface area (Å²) in [6.07, 6.45) is 7.91. The number of alkyl carbamates (subject to hydrolysis) is 1. The molecule has 1 aliphatic carbocycles. The highest BCUT2D eigenvalue weighted by molar-refractivity contribution is 5.67. The van der Waals surface area contributed by atoms with Crippen LogP contribution >= 0.6 is 0 Å². The Balaban J connectivity index is 1.29. The molecule has 1 saturated heterocycles. The van der Waals surface area contributed by atoms with Crippen LogP contribution in [-0.4, -0.2) is 25.2 Å². The van der Waals surface area contributed by atoms with Gasteiger partial charge in [-0.1, -0.05) is 42.7 Å². The van der Waals surface area contributed by atoms with Crippen molar-refractivity contribution in [3.63, 3.8) is 0 Å². The lowest BCUT2D eigenvalue weighted by Crippen LogP contribution is -2.44. The van der Waals surface area contributed by atoms with E-state index in [0.29, 0.717) is 24.0 Å². The molecule has 2 aromatic rings. The van der Waals surface area contributed by atoms with Gasteiger partial charge in [-0.15, -0.1) is 0 Å². The lowest BCUT2D eigenvalue weighted by Gasteiger charge is -2.39. The molecule has 33 heavy (non-hydrogen) atoms. The number of rotatable bonds is 6. The van der Waals surface area contributed by atoms with E-state index >= 15 is 0 Å². The van der Waals surface area contributed by atoms with Gasteiger partial charge in [0.1, 0.15) is 6.61 Å². The Morgan fingerprint density at radius 3 is 2.58 bits per heavy atom. The molecule has 5 nitrogen and oxygen atoms in total. The number of piperidine rings is 1. The monoisotopic (exact) mass is 445 g/mol. The number of amides is 1. The average molecular weight is 446 g/mol. The maximum Gasteiger partial charge on any atom is 0.407 e. The maximum atomic E-state index is 12.5. The molecular weight excluding hydrogens is 410 g/mol. The molecular formula is C28H35N3O2. The van der Waals surface area contributed by atoms with Gasteiger partial charge in [0.2, 0.25) is 0 Å². The normalized spacial score (nSPS) is 22.9. The predicted molar refractivity (Wildman–Crippen MR) is 131 cm³/mol. The SMILES string of the molecule is Cc1ccc(COC(=O)N[C@@H]2CCCC[C@H]2C[C@H]2CCCN(c3ccc(C#N)cc3)C2)cc1. The van der Waals surface area contributed by atoms with E-state index in [1.54, 1.807) is 0 Å². The van der Waals surface area contributed by atoms with Crippen molar-refractivity contribution in [2.24, 2.45) is 11.8 Å². The Morgan fingerprint density at radius 1 is 1.06 bits per heavy atom. The standard InChI is InChI=1S/C28H35N3O2/c1-21-8-10-23(11-9-21)20-33-28(32)30-27-7-3-2-6-25(27)17-24-5-4-16-31(19-24)26-14-12-22(18-29)13-15-26/h8-15,24-25,27H,2-7,16-17,19-20H2,1H3,(H,30,32)/t24-,25+,27-/m1/s1. The van der Waals surface area contributed by atoms with E-state index in [2.05, 4.69) is 35.3 Å². The van der Waals surface area contributed by atoms with Gasteiger partial charge < -0.3 is 15.0 Å². The van der Waals surface area contributed by atoms with Crippen molar-refractivity contribution in [2.75, 3.05) is 18.0 Å². The first kappa shape index (κ1) is 23.2. The molecule has 174 valence electrons. The minimum Gasteiger partial charge on any atom is -0.445 e. The van der Waals surface area contributed by atoms with E-state index in [1.165, 1.54) is 43.4 Å². The third-order valence-corrected chi connectivity index (χ3v) is 7.22. The van der Waals surface area contributed by atoms with Gasteiger partial charge in [-0.05, 0) is 80.7 Å². The molecule has 0 unspecified atom stereocenters. The van der Waals surface area contributed by atoms with Crippen molar-refractivity contribution in [1.29, 1.82) is 5.26 Å². The van der Waals surface area contributed by atoms with Gasteiger partial charge in [-0.2, -0.15) is 5.26 Å². The molecule has 2 fully saturated rings. The Kier molecular flexibility index (Phi) is 7.88. The van der Waals surface area contributed by atoms with Gasteiger partial charge in [0.15, 0.2) is 0 Å². The number of hydrogen-bond donors (Lipinski definition) is 1. The van der Waals surface area contributed by atoms with E-state index in [1.807, 2.05) is 36.4 Å². The lowest BCUT2D eigenvalue weighted by molar-refractivity contribution is 0.122. The molecule has 0 bridgehead atoms. The van der Waals surface area contributed by atoms with Gasteiger partial charge in [0, 0.05) is 24.8 Å². The second kappa shape index (κ2) is 11.2. The zero-order chi connectivity index (χ0) is 23.0. The van der Waals surface area contributed by atoms with Crippen LogP contribution in [0.25, 0.3) is 0 Å². The Labute approximate surface area is 197 Å². The molecule has 1 saturated carbocycles. The Hall–Kier alpha value is -3.00. The minimum atomic E-state index is -0.296. The smallest absolute Gasteiger partial charge is 0.407 e. The summed E-state index contributed by atoms with van der Waals surface area (Å²) in [5.74, 6) is 1.14. The largest absolute Gasteiger partial charge is 0.445 e. The van der Waals surface area contributed by atoms with E-state index < -0.39 is 0 Å². The Morgan fingerprint density at radius 2 is 1.82 bits per heavy atom. The second-order valence-electron chi connectivity index (χ2n) is 9.71. The summed E-state index contributed by atoms with van der Waals surface area (Å²) in [6.45, 7) is 4.48. The Bertz CT molecular complexity index is 949. The summed E-state index contributed by atoms with van der Waals surface area (Å²) in [5.41, 5.74) is 4.13. The van der Waals surface area contributed by atoms with Crippen molar-refractivity contribution in [1.82, 2.24) is 5.32 Å². The molecule has 0 radical (unpaired) electrons. The molecule has 0 aromatic heterocycles. The number of carbonyl (C=O) groups is 1. The second-order valence-corrected chi connectivity index (χ2v) is 9.71. The first-order valence-corrected chi connectivity index (χ1v) is 12.3. The number of nitrogens with zero attached hydrogens (tertiary/aromatic N) is 2. The number of anilines is 1. The quantitative estimate of drug-likeness (QED) is 0.596. The fourth-order valence-electron chi connectivity index (χ4n) is 5.37. The predicted octanol–water partition coefficient (Wildman–Crippen LogP) is 5.96. The van der Waals surface area contributed by atoms with Gasteiger partial charge in [-0.25, -0.2) is 4.79 Å². The molecule has 3 atom stereocenters. The lowest BCUT2D eigenvalue weighted by atomic mass is 9.77. The van der Waals surface area contributed by atoms with Gasteiger partial charge in [0.25, 0.3) is 0 Å². The van der Waals surface area contributed by atoms with Crippen LogP contribution in [0.2, 0.25) is 0 Å². The number of aryl methyl sites for hydroxylation is 1. The highest BCUT2D eigenvalue weighted by Crippen LogP contribution is 2.34. The summed E-state index contributed by atoms with van der Waals surface area (Å²) in [7, 11) is 0. The third-order valence-electron chi connectivity index (χ3n) is 7.22. The number of hydrogen-bond acceptors (Lipinski definition) is 4. The molecule has 1 heterocycles. The zero-order valence-electron chi connectivity index (χ0n) is 19.6. The van der Waals surface area contributed by atoms with Gasteiger partial charge >= 0.3 is 6.09 Å². The minimum absolute atomic E-state index is 0.203. The summed E-state index contributed by atoms with van der Waals surface area (Å²) in [6, 6.07) is 18.4. The van der Waals surface area contributed by atoms with E-state index in [0.717, 1.165) is 31.5 Å². The topological polar surface area (TPSA) is 65.4 Å². The van der Waals surface area contributed by atoms with Crippen LogP contribution in [0.5, 0.6) is 0 Å². The number of ether oxygens (including phenoxy) is 1. The molecule has 2 aromatic carbocycles. The van der Waals surface area contributed by atoms with Gasteiger partial charge in [-0.3, -0.25) is 0 Å². The summed E-state index contributed by atoms with van der Waals surface area (Å²) in [4.78, 5) is 15.0. The summed E-state index contributed by atoms with van der Waals surface area (Å²) in [5, 5.41) is 12.2. The third kappa shape index (κ3) is 6.51. The highest BCUT2D eigenvalue weighted by atomic mass is 16.5. The van der Waals surface area contributed by atoms with Crippen molar-refractivity contribution in [3.8, 4) is 6.07 Å². The van der Waals surface area contributed by atoms with E-state index in [-0.39, 0.29) is 12.1 Å². The fourth-order valence-corrected chi connectivity index (χ4v) is 5.37. The number of nitrogens with one attached hydrogen (secondary N) is 1. The van der Waals surface area contributed by atoms with Gasteiger partial charge in [0.05, 0.1) is 11.6 Å². The number of carbonyl (C=O) groups excluding carboxylic acids is 1. The van der Waals surface area contributed by atoms with Crippen LogP contribution in [-0.2, 0) is 11.3 Å². The van der Waals surface area contributed by atoms with Crippen LogP contribution in [0, 0.1) is 30.1 Å². The molecule has 5 heteroatoms. The van der Waals surface area contributed by atoms with Crippen LogP contribution in [0.1, 0.15) is 61.6 Å². The number of benzene rings is 2. The molecule has 4 rings (SSSR count). The number of nitriles is 1. The zero-order valence-corrected chi connectivity index (χ0v) is 19.6. The van der Waals surface area contributed by atoms with Crippen molar-refractivity contribution in [3.05, 3.63) is 65.2 Å². The van der Waals surface area contributed by atoms with E-state index in [4.69, 9.17) is 10.00 Å². The molecule has 2 aliphatic rings. The van der Waals surface area contributed by atoms with Crippen LogP contribution < -0.4 is 10.2 Å². The van der Waals surface area contributed by atoms with Crippen molar-refractivity contribution < 1.29 is 9.53 Å². The fraction of sp³-hybridized carbons (Fsp3) is 0.500. The van der Waals surface area contributed by atoms with Crippen molar-refractivity contribution in [2.45, 2.75) is 64.5 Å². The van der Waals surface area contributed by atoms with Crippen LogP contribution in [0.3, 0.4) is 0 Å². The van der Waals surface area contributed by atoms with E-state index in [9.17, 15) is 4.79 Å². The first-order chi connectivity index (χ1) is 16.1. The highest BCUT2D eigenvalue weighted by Gasteiger charge is 2.31. The molecule has 0 spiro atoms. The van der Waals surface area contributed by atoms with Crippen molar-refractivity contribution >= 4 is 11.8 Å².